The number of methoxy groups -OCH3 is 1. The smallest absolute Gasteiger partial charge is 0.289 e. The molecule has 0 radical (unpaired) electrons. The molecule has 0 N–H and O–H groups in total. The Hall–Kier alpha value is -3.18. The van der Waals surface area contributed by atoms with Gasteiger partial charge in [-0.05, 0) is 24.6 Å². The Morgan fingerprint density at radius 1 is 1.28 bits per heavy atom. The highest BCUT2D eigenvalue weighted by atomic mass is 32.2. The summed E-state index contributed by atoms with van der Waals surface area (Å²) in [5, 5.41) is 0.0950. The first-order valence-electron chi connectivity index (χ1n) is 10.3. The van der Waals surface area contributed by atoms with Crippen LogP contribution in [0, 0.1) is 0 Å². The first-order chi connectivity index (χ1) is 15.5. The number of pyridine rings is 1. The van der Waals surface area contributed by atoms with E-state index >= 15 is 0 Å². The predicted octanol–water partition coefficient (Wildman–Crippen LogP) is 1.21. The zero-order valence-corrected chi connectivity index (χ0v) is 18.2. The summed E-state index contributed by atoms with van der Waals surface area (Å²) < 4.78 is 8.37. The van der Waals surface area contributed by atoms with Gasteiger partial charge in [-0.1, -0.05) is 17.8 Å². The van der Waals surface area contributed by atoms with Crippen LogP contribution in [-0.2, 0) is 16.1 Å². The van der Waals surface area contributed by atoms with E-state index < -0.39 is 0 Å². The van der Waals surface area contributed by atoms with Gasteiger partial charge in [-0.15, -0.1) is 0 Å². The number of fused-ring (bicyclic) bond motifs is 2. The number of ether oxygens (including phenoxy) is 1. The fraction of sp³-hybridized carbons (Fsp3) is 0.381. The molecule has 0 spiro atoms. The van der Waals surface area contributed by atoms with E-state index in [2.05, 4.69) is 4.98 Å². The van der Waals surface area contributed by atoms with Crippen molar-refractivity contribution in [3.63, 3.8) is 0 Å². The highest BCUT2D eigenvalue weighted by molar-refractivity contribution is 8.14. The Bertz CT molecular complexity index is 1300. The molecule has 2 fully saturated rings. The summed E-state index contributed by atoms with van der Waals surface area (Å²) in [6.07, 6.45) is 2.18. The van der Waals surface area contributed by atoms with Crippen LogP contribution in [0.4, 0.5) is 4.79 Å². The van der Waals surface area contributed by atoms with Crippen molar-refractivity contribution in [3.05, 3.63) is 46.5 Å². The molecule has 2 aliphatic heterocycles. The highest BCUT2D eigenvalue weighted by Gasteiger charge is 2.40. The van der Waals surface area contributed by atoms with Crippen LogP contribution in [0.15, 0.2) is 35.3 Å². The van der Waals surface area contributed by atoms with Crippen LogP contribution >= 0.6 is 11.8 Å². The Balaban J connectivity index is 1.53. The Kier molecular flexibility index (Phi) is 5.22. The van der Waals surface area contributed by atoms with Gasteiger partial charge in [0.2, 0.25) is 5.91 Å². The van der Waals surface area contributed by atoms with Crippen molar-refractivity contribution in [3.8, 4) is 0 Å². The SMILES string of the molecule is COCCn1c(C(=O)N2CCC(N3C(=O)CSC3=O)C2)cc2c(=O)n3ccccc3nc21. The van der Waals surface area contributed by atoms with Gasteiger partial charge in [-0.2, -0.15) is 0 Å². The lowest BCUT2D eigenvalue weighted by Gasteiger charge is -2.22. The normalized spacial score (nSPS) is 19.1. The van der Waals surface area contributed by atoms with Crippen LogP contribution in [0.5, 0.6) is 0 Å². The number of hydrogen-bond acceptors (Lipinski definition) is 7. The monoisotopic (exact) mass is 455 g/mol. The van der Waals surface area contributed by atoms with Crippen molar-refractivity contribution in [1.29, 1.82) is 0 Å². The first-order valence-corrected chi connectivity index (χ1v) is 11.3. The Morgan fingerprint density at radius 2 is 2.12 bits per heavy atom. The van der Waals surface area contributed by atoms with Crippen molar-refractivity contribution in [2.24, 2.45) is 0 Å². The molecule has 0 bridgehead atoms. The molecule has 1 unspecified atom stereocenters. The highest BCUT2D eigenvalue weighted by Crippen LogP contribution is 2.27. The third-order valence-corrected chi connectivity index (χ3v) is 6.75. The second-order valence-electron chi connectivity index (χ2n) is 7.77. The number of rotatable bonds is 5. The molecule has 3 amide bonds. The van der Waals surface area contributed by atoms with E-state index in [1.807, 2.05) is 0 Å². The number of carbonyl (C=O) groups excluding carboxylic acids is 3. The van der Waals surface area contributed by atoms with E-state index in [1.54, 1.807) is 47.0 Å². The summed E-state index contributed by atoms with van der Waals surface area (Å²) in [7, 11) is 1.57. The van der Waals surface area contributed by atoms with Crippen molar-refractivity contribution in [2.45, 2.75) is 19.0 Å². The van der Waals surface area contributed by atoms with Gasteiger partial charge in [0, 0.05) is 32.9 Å². The molecule has 0 saturated carbocycles. The molecular formula is C21H21N5O5S. The largest absolute Gasteiger partial charge is 0.383 e. The molecular weight excluding hydrogens is 434 g/mol. The van der Waals surface area contributed by atoms with Crippen LogP contribution in [0.2, 0.25) is 0 Å². The van der Waals surface area contributed by atoms with Crippen molar-refractivity contribution < 1.29 is 19.1 Å². The van der Waals surface area contributed by atoms with Crippen LogP contribution in [0.1, 0.15) is 16.9 Å². The van der Waals surface area contributed by atoms with Crippen LogP contribution in [0.25, 0.3) is 16.7 Å². The number of imide groups is 1. The zero-order chi connectivity index (χ0) is 22.4. The maximum Gasteiger partial charge on any atom is 0.289 e. The molecule has 10 nitrogen and oxygen atoms in total. The first kappa shape index (κ1) is 20.7. The van der Waals surface area contributed by atoms with E-state index in [9.17, 15) is 19.2 Å². The summed E-state index contributed by atoms with van der Waals surface area (Å²) in [6.45, 7) is 1.40. The summed E-state index contributed by atoms with van der Waals surface area (Å²) in [4.78, 5) is 58.2. The molecule has 5 heterocycles. The molecule has 166 valence electrons. The molecule has 11 heteroatoms. The van der Waals surface area contributed by atoms with Gasteiger partial charge in [0.25, 0.3) is 16.7 Å². The van der Waals surface area contributed by atoms with Crippen LogP contribution < -0.4 is 5.56 Å². The lowest BCUT2D eigenvalue weighted by Crippen LogP contribution is -2.41. The summed E-state index contributed by atoms with van der Waals surface area (Å²) in [5.41, 5.74) is 1.01. The van der Waals surface area contributed by atoms with E-state index in [-0.39, 0.29) is 41.0 Å². The molecule has 3 aromatic rings. The van der Waals surface area contributed by atoms with Gasteiger partial charge in [-0.3, -0.25) is 28.5 Å². The lowest BCUT2D eigenvalue weighted by atomic mass is 10.2. The number of thioether (sulfide) groups is 1. The number of hydrogen-bond donors (Lipinski definition) is 0. The Morgan fingerprint density at radius 3 is 2.88 bits per heavy atom. The summed E-state index contributed by atoms with van der Waals surface area (Å²) in [5.74, 6) is -0.322. The second kappa shape index (κ2) is 8.06. The minimum absolute atomic E-state index is 0.151. The molecule has 0 aromatic carbocycles. The molecule has 5 rings (SSSR count). The van der Waals surface area contributed by atoms with E-state index in [1.165, 1.54) is 9.30 Å². The van der Waals surface area contributed by atoms with Crippen molar-refractivity contribution in [1.82, 2.24) is 23.8 Å². The van der Waals surface area contributed by atoms with Crippen molar-refractivity contribution >= 4 is 45.5 Å². The number of amides is 3. The standard InChI is InChI=1S/C21H21N5O5S/c1-31-9-8-24-15(10-14-18(24)22-16-4-2-3-6-25(16)19(14)28)20(29)23-7-5-13(11-23)26-17(27)12-32-21(26)30/h2-4,6,10,13H,5,7-9,11-12H2,1H3. The maximum absolute atomic E-state index is 13.5. The van der Waals surface area contributed by atoms with Crippen LogP contribution in [0.3, 0.4) is 0 Å². The van der Waals surface area contributed by atoms with Crippen molar-refractivity contribution in [2.75, 3.05) is 32.6 Å². The van der Waals surface area contributed by atoms with Gasteiger partial charge < -0.3 is 14.2 Å². The van der Waals surface area contributed by atoms with Gasteiger partial charge in [0.05, 0.1) is 23.8 Å². The number of aromatic nitrogens is 3. The van der Waals surface area contributed by atoms with Gasteiger partial charge >= 0.3 is 0 Å². The third kappa shape index (κ3) is 3.28. The zero-order valence-electron chi connectivity index (χ0n) is 17.4. The van der Waals surface area contributed by atoms with Gasteiger partial charge in [0.1, 0.15) is 17.0 Å². The fourth-order valence-electron chi connectivity index (χ4n) is 4.35. The van der Waals surface area contributed by atoms with E-state index in [0.29, 0.717) is 48.5 Å². The second-order valence-corrected chi connectivity index (χ2v) is 8.70. The van der Waals surface area contributed by atoms with E-state index in [0.717, 1.165) is 11.8 Å². The number of likely N-dealkylation sites (tertiary alicyclic amines) is 1. The van der Waals surface area contributed by atoms with Gasteiger partial charge in [0.15, 0.2) is 0 Å². The predicted molar refractivity (Wildman–Crippen MR) is 118 cm³/mol. The minimum atomic E-state index is -0.322. The maximum atomic E-state index is 13.5. The molecule has 2 aliphatic rings. The quantitative estimate of drug-likeness (QED) is 0.569. The molecule has 0 aliphatic carbocycles. The Labute approximate surface area is 186 Å². The number of carbonyl (C=O) groups is 3. The topological polar surface area (TPSA) is 106 Å². The molecule has 1 atom stereocenters. The minimum Gasteiger partial charge on any atom is -0.383 e. The number of nitrogens with zero attached hydrogens (tertiary/aromatic N) is 5. The summed E-state index contributed by atoms with van der Waals surface area (Å²) >= 11 is 0.994. The third-order valence-electron chi connectivity index (χ3n) is 5.91. The lowest BCUT2D eigenvalue weighted by molar-refractivity contribution is -0.126. The average Bonchev–Trinajstić information content (AvgIpc) is 3.49. The van der Waals surface area contributed by atoms with Gasteiger partial charge in [-0.25, -0.2) is 4.98 Å². The molecule has 2 saturated heterocycles. The fourth-order valence-corrected chi connectivity index (χ4v) is 5.13. The summed E-state index contributed by atoms with van der Waals surface area (Å²) in [6, 6.07) is 6.54. The molecule has 32 heavy (non-hydrogen) atoms. The average molecular weight is 455 g/mol. The molecule has 3 aromatic heterocycles. The van der Waals surface area contributed by atoms with E-state index in [4.69, 9.17) is 4.74 Å². The van der Waals surface area contributed by atoms with Crippen LogP contribution in [-0.4, -0.2) is 79.4 Å².